The number of benzene rings is 2. The monoisotopic (exact) mass is 548 g/mol. The van der Waals surface area contributed by atoms with Gasteiger partial charge >= 0.3 is 5.97 Å². The van der Waals surface area contributed by atoms with E-state index < -0.39 is 5.97 Å². The summed E-state index contributed by atoms with van der Waals surface area (Å²) in [6, 6.07) is 17.2. The summed E-state index contributed by atoms with van der Waals surface area (Å²) in [6.45, 7) is 8.85. The van der Waals surface area contributed by atoms with Gasteiger partial charge < -0.3 is 14.8 Å². The molecule has 2 aromatic heterocycles. The Morgan fingerprint density at radius 3 is 2.50 bits per heavy atom. The number of carbonyl (C=O) groups is 2. The summed E-state index contributed by atoms with van der Waals surface area (Å²) in [4.78, 5) is 25.7. The number of rotatable bonds is 12. The highest BCUT2D eigenvalue weighted by Crippen LogP contribution is 2.36. The van der Waals surface area contributed by atoms with Gasteiger partial charge in [-0.3, -0.25) is 9.36 Å². The standard InChI is InChI=1S/C28H28N4O4S2/c1-4-16-32-25(20-12-14-21(15-13-20)35-5-2)30-31-28(32)38-18-23(33)29-26-24(27(34)36-6-3)22(17-37-26)19-10-8-7-9-11-19/h4,7-15,17H,1,5-6,16,18H2,2-3H3,(H,29,33). The summed E-state index contributed by atoms with van der Waals surface area (Å²) in [5.74, 6) is 0.799. The largest absolute Gasteiger partial charge is 0.494 e. The lowest BCUT2D eigenvalue weighted by Gasteiger charge is -2.10. The van der Waals surface area contributed by atoms with Crippen LogP contribution >= 0.6 is 23.1 Å². The van der Waals surface area contributed by atoms with Gasteiger partial charge in [0.25, 0.3) is 0 Å². The molecule has 0 saturated heterocycles. The van der Waals surface area contributed by atoms with E-state index in [-0.39, 0.29) is 18.3 Å². The Morgan fingerprint density at radius 2 is 1.82 bits per heavy atom. The summed E-state index contributed by atoms with van der Waals surface area (Å²) in [7, 11) is 0. The molecule has 2 heterocycles. The van der Waals surface area contributed by atoms with Crippen LogP contribution in [0.3, 0.4) is 0 Å². The molecule has 38 heavy (non-hydrogen) atoms. The van der Waals surface area contributed by atoms with E-state index in [1.807, 2.05) is 71.5 Å². The van der Waals surface area contributed by atoms with Gasteiger partial charge in [-0.05, 0) is 43.7 Å². The number of anilines is 1. The zero-order chi connectivity index (χ0) is 26.9. The van der Waals surface area contributed by atoms with Crippen molar-refractivity contribution in [3.63, 3.8) is 0 Å². The number of carbonyl (C=O) groups excluding carboxylic acids is 2. The first-order valence-electron chi connectivity index (χ1n) is 12.1. The highest BCUT2D eigenvalue weighted by atomic mass is 32.2. The van der Waals surface area contributed by atoms with Crippen LogP contribution in [0, 0.1) is 0 Å². The average molecular weight is 549 g/mol. The molecule has 1 N–H and O–H groups in total. The van der Waals surface area contributed by atoms with Gasteiger partial charge in [-0.25, -0.2) is 4.79 Å². The van der Waals surface area contributed by atoms with Crippen LogP contribution in [-0.4, -0.2) is 45.6 Å². The van der Waals surface area contributed by atoms with Gasteiger partial charge in [0.2, 0.25) is 5.91 Å². The summed E-state index contributed by atoms with van der Waals surface area (Å²) in [5, 5.41) is 14.4. The molecule has 0 bridgehead atoms. The van der Waals surface area contributed by atoms with E-state index in [0.29, 0.717) is 34.7 Å². The second kappa shape index (κ2) is 13.1. The van der Waals surface area contributed by atoms with Gasteiger partial charge in [-0.2, -0.15) is 0 Å². The molecule has 196 valence electrons. The van der Waals surface area contributed by atoms with Crippen molar-refractivity contribution in [3.05, 3.63) is 78.2 Å². The Labute approximate surface area is 229 Å². The Balaban J connectivity index is 1.50. The number of allylic oxidation sites excluding steroid dienone is 1. The third-order valence-corrected chi connectivity index (χ3v) is 7.25. The van der Waals surface area contributed by atoms with E-state index in [9.17, 15) is 9.59 Å². The fourth-order valence-electron chi connectivity index (χ4n) is 3.75. The SMILES string of the molecule is C=CCn1c(SCC(=O)Nc2scc(-c3ccccc3)c2C(=O)OCC)nnc1-c1ccc(OCC)cc1. The number of hydrogen-bond acceptors (Lipinski definition) is 8. The normalized spacial score (nSPS) is 10.7. The Bertz CT molecular complexity index is 1400. The van der Waals surface area contributed by atoms with E-state index in [0.717, 1.165) is 22.4 Å². The van der Waals surface area contributed by atoms with Crippen LogP contribution in [0.25, 0.3) is 22.5 Å². The lowest BCUT2D eigenvalue weighted by atomic mass is 10.0. The van der Waals surface area contributed by atoms with E-state index in [1.54, 1.807) is 13.0 Å². The highest BCUT2D eigenvalue weighted by Gasteiger charge is 2.23. The Morgan fingerprint density at radius 1 is 1.05 bits per heavy atom. The van der Waals surface area contributed by atoms with Crippen LogP contribution < -0.4 is 10.1 Å². The van der Waals surface area contributed by atoms with Gasteiger partial charge in [0.05, 0.1) is 19.0 Å². The van der Waals surface area contributed by atoms with Gasteiger partial charge in [0, 0.05) is 23.1 Å². The summed E-state index contributed by atoms with van der Waals surface area (Å²) < 4.78 is 12.7. The van der Waals surface area contributed by atoms with E-state index in [4.69, 9.17) is 9.47 Å². The highest BCUT2D eigenvalue weighted by molar-refractivity contribution is 7.99. The number of amides is 1. The van der Waals surface area contributed by atoms with Crippen LogP contribution in [-0.2, 0) is 16.1 Å². The molecule has 0 aliphatic heterocycles. The predicted octanol–water partition coefficient (Wildman–Crippen LogP) is 6.17. The van der Waals surface area contributed by atoms with E-state index >= 15 is 0 Å². The molecule has 4 aromatic rings. The molecule has 0 aliphatic carbocycles. The third kappa shape index (κ3) is 6.32. The fourth-order valence-corrected chi connectivity index (χ4v) is 5.47. The maximum Gasteiger partial charge on any atom is 0.341 e. The Hall–Kier alpha value is -3.89. The number of hydrogen-bond donors (Lipinski definition) is 1. The van der Waals surface area contributed by atoms with E-state index in [1.165, 1.54) is 23.1 Å². The first-order valence-corrected chi connectivity index (χ1v) is 14.0. The predicted molar refractivity (Wildman–Crippen MR) is 152 cm³/mol. The number of nitrogens with one attached hydrogen (secondary N) is 1. The molecular formula is C28H28N4O4S2. The second-order valence-corrected chi connectivity index (χ2v) is 9.76. The minimum absolute atomic E-state index is 0.0827. The maximum absolute atomic E-state index is 12.9. The van der Waals surface area contributed by atoms with Crippen molar-refractivity contribution >= 4 is 40.0 Å². The van der Waals surface area contributed by atoms with Crippen molar-refractivity contribution in [2.24, 2.45) is 0 Å². The number of nitrogens with zero attached hydrogens (tertiary/aromatic N) is 3. The average Bonchev–Trinajstić information content (AvgIpc) is 3.53. The van der Waals surface area contributed by atoms with Crippen LogP contribution in [0.1, 0.15) is 24.2 Å². The molecule has 4 rings (SSSR count). The van der Waals surface area contributed by atoms with Gasteiger partial charge in [0.15, 0.2) is 11.0 Å². The molecule has 0 radical (unpaired) electrons. The molecule has 10 heteroatoms. The number of thioether (sulfide) groups is 1. The lowest BCUT2D eigenvalue weighted by Crippen LogP contribution is -2.17. The summed E-state index contributed by atoms with van der Waals surface area (Å²) in [6.07, 6.45) is 1.76. The lowest BCUT2D eigenvalue weighted by molar-refractivity contribution is -0.113. The molecule has 1 amide bonds. The molecule has 2 aromatic carbocycles. The minimum Gasteiger partial charge on any atom is -0.494 e. The fraction of sp³-hybridized carbons (Fsp3) is 0.214. The van der Waals surface area contributed by atoms with Gasteiger partial charge in [-0.1, -0.05) is 48.2 Å². The summed E-state index contributed by atoms with van der Waals surface area (Å²) in [5.41, 5.74) is 2.84. The van der Waals surface area contributed by atoms with Crippen LogP contribution in [0.15, 0.2) is 77.8 Å². The number of esters is 1. The zero-order valence-corrected chi connectivity index (χ0v) is 22.8. The molecule has 0 unspecified atom stereocenters. The molecule has 8 nitrogen and oxygen atoms in total. The van der Waals surface area contributed by atoms with Crippen molar-refractivity contribution in [2.45, 2.75) is 25.5 Å². The third-order valence-electron chi connectivity index (χ3n) is 5.39. The van der Waals surface area contributed by atoms with Crippen molar-refractivity contribution in [2.75, 3.05) is 24.3 Å². The summed E-state index contributed by atoms with van der Waals surface area (Å²) >= 11 is 2.56. The number of aromatic nitrogens is 3. The maximum atomic E-state index is 12.9. The topological polar surface area (TPSA) is 95.3 Å². The smallest absolute Gasteiger partial charge is 0.341 e. The quantitative estimate of drug-likeness (QED) is 0.129. The molecule has 0 fully saturated rings. The van der Waals surface area contributed by atoms with Crippen molar-refractivity contribution in [1.82, 2.24) is 14.8 Å². The first kappa shape index (κ1) is 27.2. The molecule has 0 atom stereocenters. The van der Waals surface area contributed by atoms with Crippen LogP contribution in [0.5, 0.6) is 5.75 Å². The van der Waals surface area contributed by atoms with Crippen LogP contribution in [0.2, 0.25) is 0 Å². The number of thiophene rings is 1. The number of ether oxygens (including phenoxy) is 2. The molecule has 0 aliphatic rings. The van der Waals surface area contributed by atoms with Crippen LogP contribution in [0.4, 0.5) is 5.00 Å². The molecule has 0 spiro atoms. The van der Waals surface area contributed by atoms with Gasteiger partial charge in [-0.15, -0.1) is 28.1 Å². The minimum atomic E-state index is -0.471. The zero-order valence-electron chi connectivity index (χ0n) is 21.2. The van der Waals surface area contributed by atoms with E-state index in [2.05, 4.69) is 22.1 Å². The molecular weight excluding hydrogens is 520 g/mol. The molecule has 0 saturated carbocycles. The van der Waals surface area contributed by atoms with Crippen molar-refractivity contribution in [3.8, 4) is 28.3 Å². The Kier molecular flexibility index (Phi) is 9.34. The first-order chi connectivity index (χ1) is 18.5. The second-order valence-electron chi connectivity index (χ2n) is 7.94. The van der Waals surface area contributed by atoms with Crippen molar-refractivity contribution in [1.29, 1.82) is 0 Å². The van der Waals surface area contributed by atoms with Gasteiger partial charge in [0.1, 0.15) is 16.3 Å². The van der Waals surface area contributed by atoms with Crippen molar-refractivity contribution < 1.29 is 19.1 Å².